The second kappa shape index (κ2) is 4.86. The second-order valence-electron chi connectivity index (χ2n) is 4.62. The third kappa shape index (κ3) is 3.11. The average molecular weight is 226 g/mol. The molecule has 3 nitrogen and oxygen atoms in total. The van der Waals surface area contributed by atoms with Gasteiger partial charge in [-0.05, 0) is 24.4 Å². The van der Waals surface area contributed by atoms with Crippen molar-refractivity contribution in [2.24, 2.45) is 0 Å². The van der Waals surface area contributed by atoms with Gasteiger partial charge in [0.25, 0.3) is 0 Å². The zero-order valence-corrected chi connectivity index (χ0v) is 10.3. The van der Waals surface area contributed by atoms with E-state index in [0.29, 0.717) is 6.42 Å². The number of hydrogen-bond donors (Lipinski definition) is 1. The highest BCUT2D eigenvalue weighted by Crippen LogP contribution is 2.32. The van der Waals surface area contributed by atoms with Crippen molar-refractivity contribution >= 4 is 11.5 Å². The largest absolute Gasteiger partial charge is 0.387 e. The lowest BCUT2D eigenvalue weighted by Crippen LogP contribution is -2.15. The van der Waals surface area contributed by atoms with E-state index in [1.165, 1.54) is 11.5 Å². The topological polar surface area (TPSA) is 46.0 Å². The van der Waals surface area contributed by atoms with E-state index in [4.69, 9.17) is 0 Å². The van der Waals surface area contributed by atoms with Gasteiger partial charge in [0.2, 0.25) is 0 Å². The van der Waals surface area contributed by atoms with Gasteiger partial charge in [-0.3, -0.25) is 0 Å². The van der Waals surface area contributed by atoms with Gasteiger partial charge >= 0.3 is 0 Å². The van der Waals surface area contributed by atoms with Crippen LogP contribution >= 0.6 is 11.5 Å². The Morgan fingerprint density at radius 3 is 2.73 bits per heavy atom. The molecule has 0 fully saturated rings. The molecule has 0 saturated heterocycles. The molecule has 84 valence electrons. The first-order valence-corrected chi connectivity index (χ1v) is 5.86. The van der Waals surface area contributed by atoms with Gasteiger partial charge in [0.1, 0.15) is 0 Å². The quantitative estimate of drug-likeness (QED) is 0.803. The van der Waals surface area contributed by atoms with Crippen molar-refractivity contribution < 1.29 is 5.11 Å². The normalized spacial score (nSPS) is 13.9. The molecule has 15 heavy (non-hydrogen) atoms. The van der Waals surface area contributed by atoms with E-state index < -0.39 is 6.10 Å². The van der Waals surface area contributed by atoms with Crippen LogP contribution in [0.1, 0.15) is 50.3 Å². The molecule has 0 bridgehead atoms. The Hall–Kier alpha value is -0.740. The highest BCUT2D eigenvalue weighted by atomic mass is 32.1. The van der Waals surface area contributed by atoms with Crippen molar-refractivity contribution in [2.45, 2.75) is 45.1 Å². The predicted octanol–water partition coefficient (Wildman–Crippen LogP) is 2.84. The summed E-state index contributed by atoms with van der Waals surface area (Å²) in [5, 5.41) is 14.1. The lowest BCUT2D eigenvalue weighted by atomic mass is 9.90. The maximum atomic E-state index is 9.97. The van der Waals surface area contributed by atoms with E-state index in [2.05, 4.69) is 36.9 Å². The number of allylic oxidation sites excluding steroid dienone is 1. The summed E-state index contributed by atoms with van der Waals surface area (Å²) in [7, 11) is 0. The van der Waals surface area contributed by atoms with Gasteiger partial charge in [0, 0.05) is 5.41 Å². The van der Waals surface area contributed by atoms with Crippen LogP contribution in [0.15, 0.2) is 12.7 Å². The van der Waals surface area contributed by atoms with Crippen LogP contribution in [0.3, 0.4) is 0 Å². The Bertz CT molecular complexity index is 328. The molecule has 0 radical (unpaired) electrons. The maximum absolute atomic E-state index is 9.97. The number of aromatic nitrogens is 2. The Kier molecular flexibility index (Phi) is 3.99. The highest BCUT2D eigenvalue weighted by molar-refractivity contribution is 7.05. The Morgan fingerprint density at radius 1 is 1.53 bits per heavy atom. The van der Waals surface area contributed by atoms with Gasteiger partial charge < -0.3 is 5.11 Å². The van der Waals surface area contributed by atoms with Crippen molar-refractivity contribution in [1.29, 1.82) is 0 Å². The molecule has 4 heteroatoms. The minimum absolute atomic E-state index is 0.0580. The Balaban J connectivity index is 2.85. The lowest BCUT2D eigenvalue weighted by molar-refractivity contribution is 0.170. The fraction of sp³-hybridized carbons (Fsp3) is 0.636. The summed E-state index contributed by atoms with van der Waals surface area (Å²) in [4.78, 5) is 0.893. The summed E-state index contributed by atoms with van der Waals surface area (Å²) in [6.45, 7) is 9.88. The van der Waals surface area contributed by atoms with Crippen molar-refractivity contribution in [3.63, 3.8) is 0 Å². The highest BCUT2D eigenvalue weighted by Gasteiger charge is 2.25. The number of hydrogen-bond acceptors (Lipinski definition) is 4. The first-order valence-electron chi connectivity index (χ1n) is 5.08. The molecule has 1 aromatic rings. The SMILES string of the molecule is C=CCCC(O)c1snnc1C(C)(C)C. The zero-order valence-electron chi connectivity index (χ0n) is 9.53. The van der Waals surface area contributed by atoms with Crippen molar-refractivity contribution in [2.75, 3.05) is 0 Å². The summed E-state index contributed by atoms with van der Waals surface area (Å²) < 4.78 is 3.92. The fourth-order valence-electron chi connectivity index (χ4n) is 1.34. The molecule has 1 N–H and O–H groups in total. The number of rotatable bonds is 4. The van der Waals surface area contributed by atoms with Gasteiger partial charge in [-0.1, -0.05) is 31.3 Å². The molecule has 1 unspecified atom stereocenters. The molecular formula is C11H18N2OS. The molecule has 0 saturated carbocycles. The van der Waals surface area contributed by atoms with Crippen LogP contribution in [0.25, 0.3) is 0 Å². The fourth-order valence-corrected chi connectivity index (χ4v) is 2.23. The molecule has 1 heterocycles. The smallest absolute Gasteiger partial charge is 0.0920 e. The van der Waals surface area contributed by atoms with Gasteiger partial charge in [0.15, 0.2) is 0 Å². The van der Waals surface area contributed by atoms with E-state index >= 15 is 0 Å². The van der Waals surface area contributed by atoms with Crippen molar-refractivity contribution in [3.8, 4) is 0 Å². The second-order valence-corrected chi connectivity index (χ2v) is 5.40. The van der Waals surface area contributed by atoms with Crippen molar-refractivity contribution in [1.82, 2.24) is 9.59 Å². The monoisotopic (exact) mass is 226 g/mol. The average Bonchev–Trinajstić information content (AvgIpc) is 2.61. The third-order valence-corrected chi connectivity index (χ3v) is 3.00. The van der Waals surface area contributed by atoms with Crippen molar-refractivity contribution in [3.05, 3.63) is 23.2 Å². The first-order chi connectivity index (χ1) is 6.96. The van der Waals surface area contributed by atoms with E-state index in [-0.39, 0.29) is 5.41 Å². The molecule has 0 aliphatic rings. The van der Waals surface area contributed by atoms with E-state index in [1.54, 1.807) is 0 Å². The molecule has 0 aromatic carbocycles. The molecule has 0 spiro atoms. The number of nitrogens with zero attached hydrogens (tertiary/aromatic N) is 2. The van der Waals surface area contributed by atoms with Crippen LogP contribution < -0.4 is 0 Å². The third-order valence-electron chi connectivity index (χ3n) is 2.17. The molecule has 1 aromatic heterocycles. The maximum Gasteiger partial charge on any atom is 0.0920 e. The molecular weight excluding hydrogens is 208 g/mol. The Labute approximate surface area is 95.0 Å². The standard InChI is InChI=1S/C11H18N2OS/c1-5-6-7-8(14)9-10(11(2,3)4)12-13-15-9/h5,8,14H,1,6-7H2,2-4H3. The van der Waals surface area contributed by atoms with Crippen LogP contribution in [0.2, 0.25) is 0 Å². The molecule has 0 amide bonds. The molecule has 1 rings (SSSR count). The lowest BCUT2D eigenvalue weighted by Gasteiger charge is -2.18. The van der Waals surface area contributed by atoms with Gasteiger partial charge in [-0.2, -0.15) is 0 Å². The number of aliphatic hydroxyl groups is 1. The van der Waals surface area contributed by atoms with Gasteiger partial charge in [-0.25, -0.2) is 0 Å². The summed E-state index contributed by atoms with van der Waals surface area (Å²) in [6, 6.07) is 0. The minimum atomic E-state index is -0.461. The minimum Gasteiger partial charge on any atom is -0.387 e. The van der Waals surface area contributed by atoms with Crippen LogP contribution in [0.4, 0.5) is 0 Å². The van der Waals surface area contributed by atoms with Crippen LogP contribution in [0, 0.1) is 0 Å². The summed E-state index contributed by atoms with van der Waals surface area (Å²) in [5.74, 6) is 0. The van der Waals surface area contributed by atoms with E-state index in [1.807, 2.05) is 6.08 Å². The first kappa shape index (κ1) is 12.3. The van der Waals surface area contributed by atoms with Crippen LogP contribution in [0.5, 0.6) is 0 Å². The zero-order chi connectivity index (χ0) is 11.5. The van der Waals surface area contributed by atoms with E-state index in [0.717, 1.165) is 17.0 Å². The number of aliphatic hydroxyl groups excluding tert-OH is 1. The molecule has 1 atom stereocenters. The van der Waals surface area contributed by atoms with E-state index in [9.17, 15) is 5.11 Å². The van der Waals surface area contributed by atoms with Gasteiger partial charge in [0.05, 0.1) is 16.7 Å². The summed E-state index contributed by atoms with van der Waals surface area (Å²) in [6.07, 6.45) is 2.85. The predicted molar refractivity (Wildman–Crippen MR) is 63.0 cm³/mol. The molecule has 0 aliphatic carbocycles. The van der Waals surface area contributed by atoms with Crippen LogP contribution in [-0.2, 0) is 5.41 Å². The Morgan fingerprint density at radius 2 is 2.20 bits per heavy atom. The summed E-state index contributed by atoms with van der Waals surface area (Å²) in [5.41, 5.74) is 0.848. The van der Waals surface area contributed by atoms with Crippen LogP contribution in [-0.4, -0.2) is 14.7 Å². The molecule has 0 aliphatic heterocycles. The summed E-state index contributed by atoms with van der Waals surface area (Å²) >= 11 is 1.29. The van der Waals surface area contributed by atoms with Gasteiger partial charge in [-0.15, -0.1) is 11.7 Å².